The summed E-state index contributed by atoms with van der Waals surface area (Å²) in [5.41, 5.74) is 1.67. The second-order valence-corrected chi connectivity index (χ2v) is 4.30. The van der Waals surface area contributed by atoms with E-state index in [2.05, 4.69) is 20.4 Å². The van der Waals surface area contributed by atoms with Gasteiger partial charge in [-0.15, -0.1) is 0 Å². The Bertz CT molecular complexity index is 784. The second kappa shape index (κ2) is 5.58. The maximum atomic E-state index is 12.2. The van der Waals surface area contributed by atoms with Crippen LogP contribution < -0.4 is 10.1 Å². The number of fused-ring (bicyclic) bond motifs is 1. The molecule has 0 saturated carbocycles. The van der Waals surface area contributed by atoms with Crippen molar-refractivity contribution in [2.24, 2.45) is 0 Å². The molecule has 7 heteroatoms. The van der Waals surface area contributed by atoms with E-state index in [0.29, 0.717) is 29.3 Å². The Kier molecular flexibility index (Phi) is 3.46. The van der Waals surface area contributed by atoms with Crippen LogP contribution in [0.3, 0.4) is 0 Å². The first-order chi connectivity index (χ1) is 10.3. The molecule has 3 rings (SSSR count). The first kappa shape index (κ1) is 13.0. The van der Waals surface area contributed by atoms with Gasteiger partial charge >= 0.3 is 0 Å². The van der Waals surface area contributed by atoms with Crippen LogP contribution in [0.2, 0.25) is 0 Å². The normalized spacial score (nSPS) is 10.5. The van der Waals surface area contributed by atoms with E-state index in [1.54, 1.807) is 36.2 Å². The van der Waals surface area contributed by atoms with Gasteiger partial charge in [-0.25, -0.2) is 14.5 Å². The van der Waals surface area contributed by atoms with Crippen LogP contribution in [0, 0.1) is 0 Å². The van der Waals surface area contributed by atoms with Crippen molar-refractivity contribution in [2.75, 3.05) is 7.11 Å². The third kappa shape index (κ3) is 2.66. The standard InChI is InChI=1S/C14H13N5O2/c1-21-12-5-2-4-10(18-12)8-16-14(20)11-9-17-19-7-3-6-15-13(11)19/h2-7,9H,8H2,1H3,(H,16,20). The van der Waals surface area contributed by atoms with Gasteiger partial charge in [-0.2, -0.15) is 5.10 Å². The number of ether oxygens (including phenoxy) is 1. The van der Waals surface area contributed by atoms with Crippen molar-refractivity contribution in [3.05, 3.63) is 54.1 Å². The third-order valence-electron chi connectivity index (χ3n) is 2.94. The first-order valence-electron chi connectivity index (χ1n) is 6.34. The molecule has 0 atom stereocenters. The average molecular weight is 283 g/mol. The molecule has 3 aromatic heterocycles. The minimum absolute atomic E-state index is 0.242. The summed E-state index contributed by atoms with van der Waals surface area (Å²) in [6.45, 7) is 0.306. The van der Waals surface area contributed by atoms with Crippen LogP contribution in [-0.2, 0) is 6.54 Å². The lowest BCUT2D eigenvalue weighted by molar-refractivity contribution is 0.0951. The topological polar surface area (TPSA) is 81.4 Å². The van der Waals surface area contributed by atoms with E-state index in [9.17, 15) is 4.79 Å². The number of pyridine rings is 1. The fraction of sp³-hybridized carbons (Fsp3) is 0.143. The highest BCUT2D eigenvalue weighted by Gasteiger charge is 2.13. The van der Waals surface area contributed by atoms with Crippen LogP contribution >= 0.6 is 0 Å². The molecule has 0 bridgehead atoms. The Morgan fingerprint density at radius 3 is 3.14 bits per heavy atom. The average Bonchev–Trinajstić information content (AvgIpc) is 2.97. The molecule has 0 fully saturated rings. The van der Waals surface area contributed by atoms with E-state index in [1.807, 2.05) is 12.1 Å². The minimum atomic E-state index is -0.242. The molecule has 0 aliphatic heterocycles. The second-order valence-electron chi connectivity index (χ2n) is 4.30. The summed E-state index contributed by atoms with van der Waals surface area (Å²) in [6.07, 6.45) is 4.86. The number of aromatic nitrogens is 4. The lowest BCUT2D eigenvalue weighted by atomic mass is 10.3. The van der Waals surface area contributed by atoms with Crippen LogP contribution in [0.1, 0.15) is 16.1 Å². The van der Waals surface area contributed by atoms with Crippen LogP contribution in [-0.4, -0.2) is 32.6 Å². The Labute approximate surface area is 120 Å². The number of hydrogen-bond acceptors (Lipinski definition) is 5. The van der Waals surface area contributed by atoms with Crippen LogP contribution in [0.4, 0.5) is 0 Å². The van der Waals surface area contributed by atoms with Crippen molar-refractivity contribution < 1.29 is 9.53 Å². The van der Waals surface area contributed by atoms with Gasteiger partial charge in [-0.05, 0) is 12.1 Å². The zero-order chi connectivity index (χ0) is 14.7. The summed E-state index contributed by atoms with van der Waals surface area (Å²) in [4.78, 5) is 20.6. The van der Waals surface area contributed by atoms with Gasteiger partial charge in [-0.1, -0.05) is 6.07 Å². The quantitative estimate of drug-likeness (QED) is 0.774. The molecule has 1 amide bonds. The molecule has 21 heavy (non-hydrogen) atoms. The number of amides is 1. The maximum absolute atomic E-state index is 12.2. The van der Waals surface area contributed by atoms with Crippen molar-refractivity contribution in [3.8, 4) is 5.88 Å². The lowest BCUT2D eigenvalue weighted by Crippen LogP contribution is -2.23. The van der Waals surface area contributed by atoms with E-state index in [0.717, 1.165) is 0 Å². The molecular weight excluding hydrogens is 270 g/mol. The number of nitrogens with zero attached hydrogens (tertiary/aromatic N) is 4. The van der Waals surface area contributed by atoms with E-state index < -0.39 is 0 Å². The van der Waals surface area contributed by atoms with Crippen molar-refractivity contribution in [3.63, 3.8) is 0 Å². The number of methoxy groups -OCH3 is 1. The van der Waals surface area contributed by atoms with Crippen molar-refractivity contribution in [2.45, 2.75) is 6.54 Å². The number of nitrogens with one attached hydrogen (secondary N) is 1. The Morgan fingerprint density at radius 2 is 2.29 bits per heavy atom. The highest BCUT2D eigenvalue weighted by Crippen LogP contribution is 2.08. The predicted octanol–water partition coefficient (Wildman–Crippen LogP) is 1.06. The van der Waals surface area contributed by atoms with E-state index in [1.165, 1.54) is 6.20 Å². The van der Waals surface area contributed by atoms with Crippen LogP contribution in [0.5, 0.6) is 5.88 Å². The van der Waals surface area contributed by atoms with Gasteiger partial charge in [0.05, 0.1) is 25.5 Å². The molecule has 0 unspecified atom stereocenters. The van der Waals surface area contributed by atoms with Crippen molar-refractivity contribution in [1.29, 1.82) is 0 Å². The van der Waals surface area contributed by atoms with E-state index >= 15 is 0 Å². The molecule has 0 aliphatic rings. The molecule has 106 valence electrons. The molecule has 3 heterocycles. The molecule has 7 nitrogen and oxygen atoms in total. The highest BCUT2D eigenvalue weighted by atomic mass is 16.5. The smallest absolute Gasteiger partial charge is 0.257 e. The zero-order valence-electron chi connectivity index (χ0n) is 11.4. The minimum Gasteiger partial charge on any atom is -0.481 e. The van der Waals surface area contributed by atoms with Gasteiger partial charge in [-0.3, -0.25) is 4.79 Å². The van der Waals surface area contributed by atoms with Crippen LogP contribution in [0.25, 0.3) is 5.65 Å². The summed E-state index contributed by atoms with van der Waals surface area (Å²) in [5, 5.41) is 6.87. The summed E-state index contributed by atoms with van der Waals surface area (Å²) in [7, 11) is 1.55. The van der Waals surface area contributed by atoms with Gasteiger partial charge in [0.1, 0.15) is 5.56 Å². The largest absolute Gasteiger partial charge is 0.481 e. The fourth-order valence-corrected chi connectivity index (χ4v) is 1.92. The predicted molar refractivity (Wildman–Crippen MR) is 74.9 cm³/mol. The molecule has 0 aliphatic carbocycles. The molecule has 0 aromatic carbocycles. The maximum Gasteiger partial charge on any atom is 0.257 e. The van der Waals surface area contributed by atoms with E-state index in [-0.39, 0.29) is 5.91 Å². The summed E-state index contributed by atoms with van der Waals surface area (Å²) in [5.74, 6) is 0.271. The number of hydrogen-bond donors (Lipinski definition) is 1. The van der Waals surface area contributed by atoms with Crippen LogP contribution in [0.15, 0.2) is 42.9 Å². The Balaban J connectivity index is 1.74. The fourth-order valence-electron chi connectivity index (χ4n) is 1.92. The van der Waals surface area contributed by atoms with Gasteiger partial charge in [0.25, 0.3) is 5.91 Å². The van der Waals surface area contributed by atoms with Crippen molar-refractivity contribution in [1.82, 2.24) is 24.9 Å². The Morgan fingerprint density at radius 1 is 1.38 bits per heavy atom. The molecule has 3 aromatic rings. The Hall–Kier alpha value is -2.96. The summed E-state index contributed by atoms with van der Waals surface area (Å²) >= 11 is 0. The number of rotatable bonds is 4. The summed E-state index contributed by atoms with van der Waals surface area (Å²) < 4.78 is 6.60. The molecule has 1 N–H and O–H groups in total. The van der Waals surface area contributed by atoms with Crippen molar-refractivity contribution >= 4 is 11.6 Å². The molecule has 0 radical (unpaired) electrons. The number of carbonyl (C=O) groups excluding carboxylic acids is 1. The van der Waals surface area contributed by atoms with Gasteiger partial charge < -0.3 is 10.1 Å². The zero-order valence-corrected chi connectivity index (χ0v) is 11.4. The lowest BCUT2D eigenvalue weighted by Gasteiger charge is -2.05. The van der Waals surface area contributed by atoms with Gasteiger partial charge in [0.2, 0.25) is 5.88 Å². The van der Waals surface area contributed by atoms with E-state index in [4.69, 9.17) is 4.74 Å². The third-order valence-corrected chi connectivity index (χ3v) is 2.94. The number of carbonyl (C=O) groups is 1. The molecule has 0 spiro atoms. The van der Waals surface area contributed by atoms with Gasteiger partial charge in [0, 0.05) is 18.5 Å². The molecular formula is C14H13N5O2. The monoisotopic (exact) mass is 283 g/mol. The first-order valence-corrected chi connectivity index (χ1v) is 6.34. The van der Waals surface area contributed by atoms with Gasteiger partial charge in [0.15, 0.2) is 5.65 Å². The highest BCUT2D eigenvalue weighted by molar-refractivity contribution is 5.99. The SMILES string of the molecule is COc1cccc(CNC(=O)c2cnn3cccnc23)n1. The molecule has 0 saturated heterocycles. The summed E-state index contributed by atoms with van der Waals surface area (Å²) in [6, 6.07) is 7.14.